The van der Waals surface area contributed by atoms with Gasteiger partial charge in [-0.05, 0) is 43.1 Å². The third kappa shape index (κ3) is 4.12. The molecule has 8 nitrogen and oxygen atoms in total. The smallest absolute Gasteiger partial charge is 0.306 e. The topological polar surface area (TPSA) is 108 Å². The van der Waals surface area contributed by atoms with Gasteiger partial charge in [-0.3, -0.25) is 19.7 Å². The Labute approximate surface area is 151 Å². The first-order chi connectivity index (χ1) is 12.5. The number of hydrogen-bond donors (Lipinski definition) is 1. The summed E-state index contributed by atoms with van der Waals surface area (Å²) in [6.45, 7) is -0.389. The second-order valence-electron chi connectivity index (χ2n) is 6.99. The minimum atomic E-state index is -0.550. The molecule has 2 bridgehead atoms. The maximum atomic E-state index is 12.0. The van der Waals surface area contributed by atoms with Crippen LogP contribution in [0.3, 0.4) is 0 Å². The molecule has 140 valence electrons. The van der Waals surface area contributed by atoms with Gasteiger partial charge >= 0.3 is 5.97 Å². The number of hydrogen-bond acceptors (Lipinski definition) is 6. The molecular formula is C18H22N2O6. The zero-order valence-electron chi connectivity index (χ0n) is 14.6. The quantitative estimate of drug-likeness (QED) is 0.454. The Morgan fingerprint density at radius 2 is 2.12 bits per heavy atom. The molecule has 2 aliphatic rings. The summed E-state index contributed by atoms with van der Waals surface area (Å²) in [7, 11) is 1.35. The largest absolute Gasteiger partial charge is 0.494 e. The zero-order chi connectivity index (χ0) is 18.7. The van der Waals surface area contributed by atoms with Crippen molar-refractivity contribution in [2.24, 2.45) is 17.8 Å². The highest BCUT2D eigenvalue weighted by atomic mass is 16.6. The van der Waals surface area contributed by atoms with Crippen LogP contribution in [0.25, 0.3) is 0 Å². The Balaban J connectivity index is 1.48. The number of anilines is 1. The Kier molecular flexibility index (Phi) is 5.39. The van der Waals surface area contributed by atoms with Crippen LogP contribution in [0.15, 0.2) is 18.2 Å². The van der Waals surface area contributed by atoms with E-state index < -0.39 is 10.8 Å². The van der Waals surface area contributed by atoms with Gasteiger partial charge in [0.15, 0.2) is 6.61 Å². The molecule has 0 spiro atoms. The lowest BCUT2D eigenvalue weighted by atomic mass is 9.86. The number of methoxy groups -OCH3 is 1. The summed E-state index contributed by atoms with van der Waals surface area (Å²) < 4.78 is 10.1. The van der Waals surface area contributed by atoms with Gasteiger partial charge in [0.05, 0.1) is 23.8 Å². The summed E-state index contributed by atoms with van der Waals surface area (Å²) in [5.74, 6) is 1.08. The van der Waals surface area contributed by atoms with Crippen LogP contribution in [0, 0.1) is 27.9 Å². The van der Waals surface area contributed by atoms with Crippen molar-refractivity contribution >= 4 is 23.3 Å². The summed E-state index contributed by atoms with van der Waals surface area (Å²) in [5, 5.41) is 13.3. The Bertz CT molecular complexity index is 720. The van der Waals surface area contributed by atoms with E-state index in [4.69, 9.17) is 9.47 Å². The molecule has 26 heavy (non-hydrogen) atoms. The number of amides is 1. The standard InChI is InChI=1S/C18H22N2O6/c1-25-16-9-14(20(23)24)4-5-15(16)19-17(21)10-26-18(22)8-13-7-11-2-3-12(13)6-11/h4-5,9,11-13H,2-3,6-8,10H2,1H3,(H,19,21)/t11-,12+,13+/m0/s1. The van der Waals surface area contributed by atoms with E-state index in [1.54, 1.807) is 0 Å². The van der Waals surface area contributed by atoms with Crippen molar-refractivity contribution in [1.29, 1.82) is 0 Å². The van der Waals surface area contributed by atoms with Crippen LogP contribution in [0.5, 0.6) is 5.75 Å². The molecule has 0 aromatic heterocycles. The molecule has 2 saturated carbocycles. The molecule has 3 rings (SSSR count). The van der Waals surface area contributed by atoms with Crippen molar-refractivity contribution in [3.8, 4) is 5.75 Å². The van der Waals surface area contributed by atoms with E-state index in [-0.39, 0.29) is 29.7 Å². The first kappa shape index (κ1) is 18.2. The number of ether oxygens (including phenoxy) is 2. The lowest BCUT2D eigenvalue weighted by Crippen LogP contribution is -2.23. The number of nitro benzene ring substituents is 1. The second kappa shape index (κ2) is 7.72. The molecule has 2 aliphatic carbocycles. The van der Waals surface area contributed by atoms with E-state index in [1.807, 2.05) is 0 Å². The fraction of sp³-hybridized carbons (Fsp3) is 0.556. The van der Waals surface area contributed by atoms with Gasteiger partial charge in [-0.15, -0.1) is 0 Å². The molecule has 8 heteroatoms. The van der Waals surface area contributed by atoms with E-state index in [0.717, 1.165) is 12.3 Å². The molecule has 0 unspecified atom stereocenters. The molecule has 2 fully saturated rings. The molecule has 0 aliphatic heterocycles. The number of carbonyl (C=O) groups excluding carboxylic acids is 2. The monoisotopic (exact) mass is 362 g/mol. The maximum absolute atomic E-state index is 12.0. The summed E-state index contributed by atoms with van der Waals surface area (Å²) in [6.07, 6.45) is 5.15. The summed E-state index contributed by atoms with van der Waals surface area (Å²) in [6, 6.07) is 3.86. The van der Waals surface area contributed by atoms with Crippen LogP contribution in [-0.2, 0) is 14.3 Å². The third-order valence-electron chi connectivity index (χ3n) is 5.35. The van der Waals surface area contributed by atoms with Crippen LogP contribution in [0.1, 0.15) is 32.1 Å². The van der Waals surface area contributed by atoms with E-state index in [9.17, 15) is 19.7 Å². The first-order valence-corrected chi connectivity index (χ1v) is 8.74. The zero-order valence-corrected chi connectivity index (χ0v) is 14.6. The normalized spacial score (nSPS) is 23.5. The van der Waals surface area contributed by atoms with E-state index in [0.29, 0.717) is 18.3 Å². The number of rotatable bonds is 7. The molecule has 1 N–H and O–H groups in total. The van der Waals surface area contributed by atoms with Gasteiger partial charge in [-0.1, -0.05) is 6.42 Å². The number of fused-ring (bicyclic) bond motifs is 2. The van der Waals surface area contributed by atoms with Crippen LogP contribution >= 0.6 is 0 Å². The Morgan fingerprint density at radius 3 is 2.73 bits per heavy atom. The third-order valence-corrected chi connectivity index (χ3v) is 5.35. The highest BCUT2D eigenvalue weighted by Crippen LogP contribution is 2.49. The van der Waals surface area contributed by atoms with E-state index >= 15 is 0 Å². The molecule has 1 amide bonds. The fourth-order valence-corrected chi connectivity index (χ4v) is 4.13. The fourth-order valence-electron chi connectivity index (χ4n) is 4.13. The molecule has 0 heterocycles. The van der Waals surface area contributed by atoms with Crippen LogP contribution < -0.4 is 10.1 Å². The average molecular weight is 362 g/mol. The molecule has 1 aromatic carbocycles. The number of benzene rings is 1. The van der Waals surface area contributed by atoms with E-state index in [2.05, 4.69) is 5.32 Å². The average Bonchev–Trinajstić information content (AvgIpc) is 3.23. The number of nitrogens with zero attached hydrogens (tertiary/aromatic N) is 1. The minimum absolute atomic E-state index is 0.142. The lowest BCUT2D eigenvalue weighted by Gasteiger charge is -2.20. The first-order valence-electron chi connectivity index (χ1n) is 8.74. The number of carbonyl (C=O) groups is 2. The number of esters is 1. The summed E-state index contributed by atoms with van der Waals surface area (Å²) >= 11 is 0. The highest BCUT2D eigenvalue weighted by molar-refractivity contribution is 5.94. The minimum Gasteiger partial charge on any atom is -0.494 e. The van der Waals surface area contributed by atoms with Crippen molar-refractivity contribution in [2.75, 3.05) is 19.0 Å². The summed E-state index contributed by atoms with van der Waals surface area (Å²) in [4.78, 5) is 34.2. The van der Waals surface area contributed by atoms with Gasteiger partial charge in [0.25, 0.3) is 11.6 Å². The highest BCUT2D eigenvalue weighted by Gasteiger charge is 2.40. The molecule has 0 radical (unpaired) electrons. The van der Waals surface area contributed by atoms with Gasteiger partial charge < -0.3 is 14.8 Å². The molecule has 0 saturated heterocycles. The Hall–Kier alpha value is -2.64. The number of nitro groups is 1. The van der Waals surface area contributed by atoms with Gasteiger partial charge in [0, 0.05) is 12.5 Å². The van der Waals surface area contributed by atoms with Crippen molar-refractivity contribution in [3.05, 3.63) is 28.3 Å². The van der Waals surface area contributed by atoms with Crippen LogP contribution in [0.2, 0.25) is 0 Å². The van der Waals surface area contributed by atoms with Crippen LogP contribution in [-0.4, -0.2) is 30.5 Å². The van der Waals surface area contributed by atoms with Gasteiger partial charge in [0.1, 0.15) is 5.75 Å². The predicted molar refractivity (Wildman–Crippen MR) is 92.8 cm³/mol. The molecule has 1 aromatic rings. The van der Waals surface area contributed by atoms with Crippen molar-refractivity contribution < 1.29 is 24.0 Å². The van der Waals surface area contributed by atoms with Crippen molar-refractivity contribution in [2.45, 2.75) is 32.1 Å². The van der Waals surface area contributed by atoms with Gasteiger partial charge in [-0.2, -0.15) is 0 Å². The van der Waals surface area contributed by atoms with Crippen molar-refractivity contribution in [1.82, 2.24) is 0 Å². The lowest BCUT2D eigenvalue weighted by molar-refractivity contribution is -0.384. The Morgan fingerprint density at radius 1 is 1.31 bits per heavy atom. The molecule has 3 atom stereocenters. The number of non-ortho nitro benzene ring substituents is 1. The van der Waals surface area contributed by atoms with E-state index in [1.165, 1.54) is 44.6 Å². The molecular weight excluding hydrogens is 340 g/mol. The van der Waals surface area contributed by atoms with Gasteiger partial charge in [-0.25, -0.2) is 0 Å². The summed E-state index contributed by atoms with van der Waals surface area (Å²) in [5.41, 5.74) is 0.143. The SMILES string of the molecule is COc1cc([N+](=O)[O-])ccc1NC(=O)COC(=O)C[C@H]1C[C@H]2CC[C@@H]1C2. The number of nitrogens with one attached hydrogen (secondary N) is 1. The maximum Gasteiger partial charge on any atom is 0.306 e. The second-order valence-corrected chi connectivity index (χ2v) is 6.99. The van der Waals surface area contributed by atoms with Crippen LogP contribution in [0.4, 0.5) is 11.4 Å². The van der Waals surface area contributed by atoms with Crippen molar-refractivity contribution in [3.63, 3.8) is 0 Å². The predicted octanol–water partition coefficient (Wildman–Crippen LogP) is 2.91. The van der Waals surface area contributed by atoms with Gasteiger partial charge in [0.2, 0.25) is 0 Å².